The van der Waals surface area contributed by atoms with Gasteiger partial charge in [-0.1, -0.05) is 6.07 Å². The van der Waals surface area contributed by atoms with Crippen LogP contribution in [0.1, 0.15) is 23.7 Å². The smallest absolute Gasteiger partial charge is 0.311 e. The van der Waals surface area contributed by atoms with Crippen LogP contribution in [0.15, 0.2) is 12.3 Å². The van der Waals surface area contributed by atoms with E-state index in [1.165, 1.54) is 0 Å². The Labute approximate surface area is 84.1 Å². The number of hydrogen-bond acceptors (Lipinski definition) is 3. The van der Waals surface area contributed by atoms with Crippen LogP contribution in [0.4, 0.5) is 0 Å². The number of aromatic nitrogens is 1. The maximum Gasteiger partial charge on any atom is 0.311 e. The van der Waals surface area contributed by atoms with Gasteiger partial charge in [-0.05, 0) is 31.9 Å². The lowest BCUT2D eigenvalue weighted by Gasteiger charge is -2.05. The van der Waals surface area contributed by atoms with Crippen LogP contribution in [0.5, 0.6) is 0 Å². The Bertz CT molecular complexity index is 334. The van der Waals surface area contributed by atoms with Gasteiger partial charge in [0.25, 0.3) is 0 Å². The first-order valence-corrected chi connectivity index (χ1v) is 4.71. The Balaban J connectivity index is 2.72. The summed E-state index contributed by atoms with van der Waals surface area (Å²) >= 11 is 0. The first-order chi connectivity index (χ1) is 6.63. The van der Waals surface area contributed by atoms with E-state index in [0.29, 0.717) is 6.61 Å². The summed E-state index contributed by atoms with van der Waals surface area (Å²) < 4.78 is 4.85. The molecule has 0 spiro atoms. The van der Waals surface area contributed by atoms with Gasteiger partial charge in [0.2, 0.25) is 0 Å². The number of nitrogens with zero attached hydrogens (tertiary/aromatic N) is 1. The first-order valence-electron chi connectivity index (χ1n) is 4.71. The lowest BCUT2D eigenvalue weighted by atomic mass is 10.1. The van der Waals surface area contributed by atoms with Crippen molar-refractivity contribution in [2.24, 2.45) is 0 Å². The molecule has 0 saturated heterocycles. The lowest BCUT2D eigenvalue weighted by Crippen LogP contribution is -2.10. The molecular weight excluding hydrogens is 178 g/mol. The second-order valence-electron chi connectivity index (χ2n) is 3.26. The molecule has 0 aromatic carbocycles. The van der Waals surface area contributed by atoms with Crippen molar-refractivity contribution >= 4 is 5.97 Å². The van der Waals surface area contributed by atoms with Gasteiger partial charge < -0.3 is 4.74 Å². The molecule has 14 heavy (non-hydrogen) atoms. The summed E-state index contributed by atoms with van der Waals surface area (Å²) in [5, 5.41) is 0. The predicted octanol–water partition coefficient (Wildman–Crippen LogP) is 1.80. The zero-order chi connectivity index (χ0) is 10.6. The standard InChI is InChI=1S/C11H15NO2/c1-4-14-11(13)6-10-9(3)5-8(2)7-12-10/h5,7H,4,6H2,1-3H3. The van der Waals surface area contributed by atoms with E-state index >= 15 is 0 Å². The third kappa shape index (κ3) is 2.83. The number of hydrogen-bond donors (Lipinski definition) is 0. The van der Waals surface area contributed by atoms with Crippen molar-refractivity contribution in [1.29, 1.82) is 0 Å². The molecule has 0 bridgehead atoms. The topological polar surface area (TPSA) is 39.2 Å². The largest absolute Gasteiger partial charge is 0.466 e. The summed E-state index contributed by atoms with van der Waals surface area (Å²) in [6.45, 7) is 6.15. The van der Waals surface area contributed by atoms with Gasteiger partial charge in [0.15, 0.2) is 0 Å². The van der Waals surface area contributed by atoms with Crippen molar-refractivity contribution in [3.05, 3.63) is 29.1 Å². The zero-order valence-corrected chi connectivity index (χ0v) is 8.83. The van der Waals surface area contributed by atoms with E-state index in [2.05, 4.69) is 4.98 Å². The van der Waals surface area contributed by atoms with Gasteiger partial charge in [-0.2, -0.15) is 0 Å². The highest BCUT2D eigenvalue weighted by molar-refractivity contribution is 5.72. The van der Waals surface area contributed by atoms with E-state index < -0.39 is 0 Å². The summed E-state index contributed by atoms with van der Waals surface area (Å²) in [5.41, 5.74) is 2.95. The van der Waals surface area contributed by atoms with Crippen LogP contribution < -0.4 is 0 Å². The Kier molecular flexibility index (Phi) is 3.63. The molecule has 3 nitrogen and oxygen atoms in total. The Morgan fingerprint density at radius 1 is 1.50 bits per heavy atom. The van der Waals surface area contributed by atoms with Crippen LogP contribution in [0, 0.1) is 13.8 Å². The molecule has 0 aliphatic carbocycles. The highest BCUT2D eigenvalue weighted by Gasteiger charge is 2.07. The van der Waals surface area contributed by atoms with Crippen LogP contribution in [0.3, 0.4) is 0 Å². The second-order valence-corrected chi connectivity index (χ2v) is 3.26. The van der Waals surface area contributed by atoms with Crippen LogP contribution in [-0.2, 0) is 16.0 Å². The molecule has 0 atom stereocenters. The molecule has 76 valence electrons. The number of carbonyl (C=O) groups excluding carboxylic acids is 1. The third-order valence-corrected chi connectivity index (χ3v) is 1.94. The van der Waals surface area contributed by atoms with E-state index in [0.717, 1.165) is 16.8 Å². The Morgan fingerprint density at radius 2 is 2.21 bits per heavy atom. The number of aryl methyl sites for hydroxylation is 2. The van der Waals surface area contributed by atoms with Gasteiger partial charge in [-0.15, -0.1) is 0 Å². The van der Waals surface area contributed by atoms with Gasteiger partial charge in [-0.25, -0.2) is 0 Å². The molecule has 0 aliphatic rings. The number of carbonyl (C=O) groups is 1. The average molecular weight is 193 g/mol. The van der Waals surface area contributed by atoms with Gasteiger partial charge in [0.1, 0.15) is 0 Å². The number of rotatable bonds is 3. The summed E-state index contributed by atoms with van der Waals surface area (Å²) in [6.07, 6.45) is 2.03. The minimum absolute atomic E-state index is 0.216. The van der Waals surface area contributed by atoms with E-state index in [1.54, 1.807) is 13.1 Å². The highest BCUT2D eigenvalue weighted by atomic mass is 16.5. The summed E-state index contributed by atoms with van der Waals surface area (Å²) in [6, 6.07) is 2.02. The van der Waals surface area contributed by atoms with Crippen LogP contribution >= 0.6 is 0 Å². The van der Waals surface area contributed by atoms with Crippen molar-refractivity contribution in [3.63, 3.8) is 0 Å². The van der Waals surface area contributed by atoms with Gasteiger partial charge in [-0.3, -0.25) is 9.78 Å². The third-order valence-electron chi connectivity index (χ3n) is 1.94. The van der Waals surface area contributed by atoms with E-state index in [1.807, 2.05) is 19.9 Å². The molecule has 1 heterocycles. The fraction of sp³-hybridized carbons (Fsp3) is 0.455. The van der Waals surface area contributed by atoms with Crippen molar-refractivity contribution in [3.8, 4) is 0 Å². The average Bonchev–Trinajstić information content (AvgIpc) is 2.10. The first kappa shape index (κ1) is 10.7. The number of ether oxygens (including phenoxy) is 1. The molecule has 0 unspecified atom stereocenters. The van der Waals surface area contributed by atoms with Crippen LogP contribution in [0.2, 0.25) is 0 Å². The molecule has 0 fully saturated rings. The zero-order valence-electron chi connectivity index (χ0n) is 8.83. The maximum atomic E-state index is 11.2. The molecule has 0 N–H and O–H groups in total. The fourth-order valence-corrected chi connectivity index (χ4v) is 1.28. The number of esters is 1. The summed E-state index contributed by atoms with van der Waals surface area (Å²) in [5.74, 6) is -0.216. The van der Waals surface area contributed by atoms with E-state index in [-0.39, 0.29) is 12.4 Å². The second kappa shape index (κ2) is 4.74. The normalized spacial score (nSPS) is 9.93. The molecule has 0 amide bonds. The van der Waals surface area contributed by atoms with Gasteiger partial charge in [0.05, 0.1) is 18.7 Å². The van der Waals surface area contributed by atoms with Crippen LogP contribution in [0.25, 0.3) is 0 Å². The molecule has 1 aromatic heterocycles. The fourth-order valence-electron chi connectivity index (χ4n) is 1.28. The molecule has 0 aliphatic heterocycles. The maximum absolute atomic E-state index is 11.2. The highest BCUT2D eigenvalue weighted by Crippen LogP contribution is 2.07. The summed E-state index contributed by atoms with van der Waals surface area (Å²) in [4.78, 5) is 15.4. The molecule has 1 aromatic rings. The van der Waals surface area contributed by atoms with Gasteiger partial charge in [0, 0.05) is 6.20 Å². The number of pyridine rings is 1. The quantitative estimate of drug-likeness (QED) is 0.687. The van der Waals surface area contributed by atoms with Gasteiger partial charge >= 0.3 is 5.97 Å². The van der Waals surface area contributed by atoms with Crippen molar-refractivity contribution in [2.45, 2.75) is 27.2 Å². The minimum Gasteiger partial charge on any atom is -0.466 e. The Morgan fingerprint density at radius 3 is 2.79 bits per heavy atom. The molecule has 3 heteroatoms. The lowest BCUT2D eigenvalue weighted by molar-refractivity contribution is -0.142. The minimum atomic E-state index is -0.216. The molecular formula is C11H15NO2. The molecule has 0 radical (unpaired) electrons. The van der Waals surface area contributed by atoms with Crippen molar-refractivity contribution < 1.29 is 9.53 Å². The predicted molar refractivity (Wildman–Crippen MR) is 54.0 cm³/mol. The van der Waals surface area contributed by atoms with Crippen molar-refractivity contribution in [1.82, 2.24) is 4.98 Å². The SMILES string of the molecule is CCOC(=O)Cc1ncc(C)cc1C. The monoisotopic (exact) mass is 193 g/mol. The Hall–Kier alpha value is -1.38. The molecule has 1 rings (SSSR count). The van der Waals surface area contributed by atoms with E-state index in [4.69, 9.17) is 4.74 Å². The van der Waals surface area contributed by atoms with Crippen molar-refractivity contribution in [2.75, 3.05) is 6.61 Å². The summed E-state index contributed by atoms with van der Waals surface area (Å²) in [7, 11) is 0. The van der Waals surface area contributed by atoms with E-state index in [9.17, 15) is 4.79 Å². The van der Waals surface area contributed by atoms with Crippen LogP contribution in [-0.4, -0.2) is 17.6 Å². The molecule has 0 saturated carbocycles.